The van der Waals surface area contributed by atoms with E-state index in [0.29, 0.717) is 0 Å². The number of nitrogens with two attached hydrogens (primary N) is 2. The average molecular weight is 219 g/mol. The number of carbonyl (C=O) groups is 3. The molecule has 0 heterocycles. The lowest BCUT2D eigenvalue weighted by Gasteiger charge is -2.15. The molecule has 15 heavy (non-hydrogen) atoms. The maximum atomic E-state index is 11.1. The highest BCUT2D eigenvalue weighted by atomic mass is 16.4. The second-order valence-electron chi connectivity index (χ2n) is 2.86. The minimum Gasteiger partial charge on any atom is -0.480 e. The van der Waals surface area contributed by atoms with Gasteiger partial charge in [-0.2, -0.15) is 0 Å². The Bertz CT molecular complexity index is 267. The van der Waals surface area contributed by atoms with Crippen LogP contribution in [-0.2, 0) is 14.4 Å². The van der Waals surface area contributed by atoms with Gasteiger partial charge in [0.25, 0.3) is 0 Å². The van der Waals surface area contributed by atoms with Gasteiger partial charge >= 0.3 is 5.97 Å². The molecule has 0 aromatic heterocycles. The van der Waals surface area contributed by atoms with Crippen molar-refractivity contribution in [2.45, 2.75) is 18.5 Å². The molecular weight excluding hydrogens is 206 g/mol. The molecule has 86 valence electrons. The molecule has 8 heteroatoms. The van der Waals surface area contributed by atoms with E-state index >= 15 is 0 Å². The number of primary amides is 1. The summed E-state index contributed by atoms with van der Waals surface area (Å²) in [5.74, 6) is -3.11. The van der Waals surface area contributed by atoms with Crippen LogP contribution in [0.1, 0.15) is 6.42 Å². The van der Waals surface area contributed by atoms with Gasteiger partial charge in [-0.3, -0.25) is 9.59 Å². The molecule has 0 saturated heterocycles. The van der Waals surface area contributed by atoms with Crippen LogP contribution in [0.15, 0.2) is 0 Å². The number of aliphatic hydroxyl groups excluding tert-OH is 1. The molecule has 0 radical (unpaired) electrons. The van der Waals surface area contributed by atoms with E-state index in [4.69, 9.17) is 21.7 Å². The van der Waals surface area contributed by atoms with E-state index in [1.807, 2.05) is 5.32 Å². The molecule has 0 rings (SSSR count). The van der Waals surface area contributed by atoms with Crippen LogP contribution in [0.3, 0.4) is 0 Å². The Kier molecular flexibility index (Phi) is 5.27. The SMILES string of the molecule is NC(=O)CC(NC(=O)C(N)CO)C(=O)O. The normalized spacial score (nSPS) is 14.0. The number of aliphatic carboxylic acids is 1. The third kappa shape index (κ3) is 4.93. The van der Waals surface area contributed by atoms with Crippen LogP contribution < -0.4 is 16.8 Å². The van der Waals surface area contributed by atoms with Crippen molar-refractivity contribution in [3.8, 4) is 0 Å². The molecule has 0 aromatic carbocycles. The molecule has 0 aromatic rings. The lowest BCUT2D eigenvalue weighted by molar-refractivity contribution is -0.143. The van der Waals surface area contributed by atoms with Gasteiger partial charge in [0.15, 0.2) is 0 Å². The molecule has 0 aliphatic rings. The Morgan fingerprint density at radius 2 is 1.87 bits per heavy atom. The van der Waals surface area contributed by atoms with Crippen molar-refractivity contribution in [2.75, 3.05) is 6.61 Å². The Hall–Kier alpha value is -1.67. The molecule has 0 spiro atoms. The molecule has 7 N–H and O–H groups in total. The second kappa shape index (κ2) is 5.94. The molecule has 0 aliphatic carbocycles. The molecule has 8 nitrogen and oxygen atoms in total. The van der Waals surface area contributed by atoms with Crippen molar-refractivity contribution in [2.24, 2.45) is 11.5 Å². The number of amides is 2. The minimum atomic E-state index is -1.42. The van der Waals surface area contributed by atoms with Crippen molar-refractivity contribution >= 4 is 17.8 Å². The quantitative estimate of drug-likeness (QED) is 0.316. The lowest BCUT2D eigenvalue weighted by atomic mass is 10.2. The fourth-order valence-corrected chi connectivity index (χ4v) is 0.763. The highest BCUT2D eigenvalue weighted by Crippen LogP contribution is 1.92. The summed E-state index contributed by atoms with van der Waals surface area (Å²) in [4.78, 5) is 32.1. The number of nitrogens with one attached hydrogen (secondary N) is 1. The fourth-order valence-electron chi connectivity index (χ4n) is 0.763. The number of carbonyl (C=O) groups excluding carboxylic acids is 2. The third-order valence-electron chi connectivity index (χ3n) is 1.55. The number of hydrogen-bond donors (Lipinski definition) is 5. The van der Waals surface area contributed by atoms with Crippen molar-refractivity contribution in [1.29, 1.82) is 0 Å². The summed E-state index contributed by atoms with van der Waals surface area (Å²) in [6.07, 6.45) is -0.529. The van der Waals surface area contributed by atoms with E-state index in [1.165, 1.54) is 0 Å². The van der Waals surface area contributed by atoms with E-state index in [1.54, 1.807) is 0 Å². The number of hydrogen-bond acceptors (Lipinski definition) is 5. The molecule has 2 amide bonds. The van der Waals surface area contributed by atoms with E-state index in [2.05, 4.69) is 0 Å². The largest absolute Gasteiger partial charge is 0.480 e. The number of carboxylic acid groups (broad SMARTS) is 1. The summed E-state index contributed by atoms with van der Waals surface area (Å²) in [5, 5.41) is 19.1. The molecule has 0 aliphatic heterocycles. The standard InChI is InChI=1S/C7H13N3O5/c8-3(2-11)6(13)10-4(7(14)15)1-5(9)12/h3-4,11H,1-2,8H2,(H2,9,12)(H,10,13)(H,14,15). The molecular formula is C7H13N3O5. The first-order valence-corrected chi connectivity index (χ1v) is 4.06. The van der Waals surface area contributed by atoms with E-state index in [0.717, 1.165) is 0 Å². The summed E-state index contributed by atoms with van der Waals surface area (Å²) in [6, 6.07) is -2.65. The van der Waals surface area contributed by atoms with Gasteiger partial charge in [-0.1, -0.05) is 0 Å². The topological polar surface area (TPSA) is 156 Å². The summed E-state index contributed by atoms with van der Waals surface area (Å²) >= 11 is 0. The Labute approximate surface area is 85.2 Å². The van der Waals surface area contributed by atoms with Crippen LogP contribution >= 0.6 is 0 Å². The van der Waals surface area contributed by atoms with Gasteiger partial charge in [0.05, 0.1) is 13.0 Å². The third-order valence-corrected chi connectivity index (χ3v) is 1.55. The zero-order valence-electron chi connectivity index (χ0n) is 7.84. The molecule has 0 bridgehead atoms. The molecule has 0 fully saturated rings. The summed E-state index contributed by atoms with van der Waals surface area (Å²) in [7, 11) is 0. The van der Waals surface area contributed by atoms with Gasteiger partial charge in [-0.25, -0.2) is 4.79 Å². The van der Waals surface area contributed by atoms with Crippen LogP contribution in [0.5, 0.6) is 0 Å². The van der Waals surface area contributed by atoms with Gasteiger partial charge in [0.2, 0.25) is 11.8 Å². The number of carboxylic acids is 1. The van der Waals surface area contributed by atoms with Gasteiger partial charge in [0, 0.05) is 0 Å². The van der Waals surface area contributed by atoms with E-state index < -0.39 is 42.9 Å². The van der Waals surface area contributed by atoms with Crippen LogP contribution in [0.2, 0.25) is 0 Å². The van der Waals surface area contributed by atoms with Gasteiger partial charge in [-0.05, 0) is 0 Å². The van der Waals surface area contributed by atoms with Crippen molar-refractivity contribution in [3.05, 3.63) is 0 Å². The Morgan fingerprint density at radius 3 is 2.20 bits per heavy atom. The van der Waals surface area contributed by atoms with Gasteiger partial charge < -0.3 is 27.0 Å². The smallest absolute Gasteiger partial charge is 0.326 e. The monoisotopic (exact) mass is 219 g/mol. The zero-order chi connectivity index (χ0) is 12.0. The predicted octanol–water partition coefficient (Wildman–Crippen LogP) is -3.25. The van der Waals surface area contributed by atoms with Gasteiger partial charge in [-0.15, -0.1) is 0 Å². The molecule has 2 unspecified atom stereocenters. The maximum absolute atomic E-state index is 11.1. The summed E-state index contributed by atoms with van der Waals surface area (Å²) in [5.41, 5.74) is 9.91. The number of rotatable bonds is 6. The lowest BCUT2D eigenvalue weighted by Crippen LogP contribution is -2.50. The van der Waals surface area contributed by atoms with Crippen LogP contribution in [0.25, 0.3) is 0 Å². The maximum Gasteiger partial charge on any atom is 0.326 e. The summed E-state index contributed by atoms with van der Waals surface area (Å²) in [6.45, 7) is -0.616. The van der Waals surface area contributed by atoms with Crippen molar-refractivity contribution < 1.29 is 24.6 Å². The zero-order valence-corrected chi connectivity index (χ0v) is 7.84. The fraction of sp³-hybridized carbons (Fsp3) is 0.571. The second-order valence-corrected chi connectivity index (χ2v) is 2.86. The first kappa shape index (κ1) is 13.3. The number of aliphatic hydroxyl groups is 1. The molecule has 0 saturated carbocycles. The van der Waals surface area contributed by atoms with Crippen LogP contribution in [0.4, 0.5) is 0 Å². The molecule has 2 atom stereocenters. The minimum absolute atomic E-state index is 0.529. The van der Waals surface area contributed by atoms with Crippen LogP contribution in [-0.4, -0.2) is 46.7 Å². The van der Waals surface area contributed by atoms with Crippen LogP contribution in [0, 0.1) is 0 Å². The Morgan fingerprint density at radius 1 is 1.33 bits per heavy atom. The van der Waals surface area contributed by atoms with Crippen molar-refractivity contribution in [3.63, 3.8) is 0 Å². The van der Waals surface area contributed by atoms with E-state index in [-0.39, 0.29) is 0 Å². The predicted molar refractivity (Wildman–Crippen MR) is 48.4 cm³/mol. The van der Waals surface area contributed by atoms with Crippen molar-refractivity contribution in [1.82, 2.24) is 5.32 Å². The first-order valence-electron chi connectivity index (χ1n) is 4.06. The van der Waals surface area contributed by atoms with E-state index in [9.17, 15) is 14.4 Å². The highest BCUT2D eigenvalue weighted by molar-refractivity contribution is 5.89. The Balaban J connectivity index is 4.35. The first-order chi connectivity index (χ1) is 6.88. The summed E-state index contributed by atoms with van der Waals surface area (Å²) < 4.78 is 0. The highest BCUT2D eigenvalue weighted by Gasteiger charge is 2.24. The van der Waals surface area contributed by atoms with Gasteiger partial charge in [0.1, 0.15) is 12.1 Å². The average Bonchev–Trinajstić information content (AvgIpc) is 2.14.